The molecule has 2 N–H and O–H groups in total. The molecule has 0 aromatic heterocycles. The van der Waals surface area contributed by atoms with Gasteiger partial charge in [0.2, 0.25) is 0 Å². The monoisotopic (exact) mass is 277 g/mol. The molecule has 0 spiro atoms. The lowest BCUT2D eigenvalue weighted by molar-refractivity contribution is 0.0661. The number of ether oxygens (including phenoxy) is 1. The molecule has 2 heterocycles. The van der Waals surface area contributed by atoms with Crippen molar-refractivity contribution in [3.8, 4) is 0 Å². The van der Waals surface area contributed by atoms with Crippen LogP contribution in [-0.4, -0.2) is 62.0 Å². The van der Waals surface area contributed by atoms with E-state index in [0.29, 0.717) is 32.8 Å². The topological polar surface area (TPSA) is 75.9 Å². The molecule has 0 aromatic carbocycles. The quantitative estimate of drug-likeness (QED) is 0.773. The van der Waals surface area contributed by atoms with Gasteiger partial charge in [-0.05, 0) is 19.8 Å². The number of morpholine rings is 1. The number of nitrogens with two attached hydrogens (primary N) is 1. The Labute approximate surface area is 109 Å². The first-order valence-corrected chi connectivity index (χ1v) is 8.03. The van der Waals surface area contributed by atoms with Crippen LogP contribution in [0.1, 0.15) is 26.2 Å². The van der Waals surface area contributed by atoms with Crippen molar-refractivity contribution in [2.24, 2.45) is 5.73 Å². The second-order valence-electron chi connectivity index (χ2n) is 5.02. The molecule has 7 heteroatoms. The molecule has 0 aliphatic carbocycles. The van der Waals surface area contributed by atoms with Gasteiger partial charge < -0.3 is 10.5 Å². The minimum Gasteiger partial charge on any atom is -0.379 e. The number of rotatable bonds is 3. The van der Waals surface area contributed by atoms with Gasteiger partial charge >= 0.3 is 0 Å². The summed E-state index contributed by atoms with van der Waals surface area (Å²) in [5.74, 6) is 0. The highest BCUT2D eigenvalue weighted by Crippen LogP contribution is 2.27. The first kappa shape index (κ1) is 14.2. The highest BCUT2D eigenvalue weighted by molar-refractivity contribution is 7.86. The minimum atomic E-state index is -3.39. The Balaban J connectivity index is 2.19. The maximum Gasteiger partial charge on any atom is 0.282 e. The highest BCUT2D eigenvalue weighted by atomic mass is 32.2. The number of hydrogen-bond acceptors (Lipinski definition) is 4. The van der Waals surface area contributed by atoms with Gasteiger partial charge in [0, 0.05) is 31.7 Å². The number of piperidine rings is 1. The van der Waals surface area contributed by atoms with E-state index >= 15 is 0 Å². The Morgan fingerprint density at radius 2 is 1.94 bits per heavy atom. The zero-order valence-corrected chi connectivity index (χ0v) is 11.7. The van der Waals surface area contributed by atoms with Crippen LogP contribution in [0.3, 0.4) is 0 Å². The number of nitrogens with zero attached hydrogens (tertiary/aromatic N) is 2. The predicted octanol–water partition coefficient (Wildman–Crippen LogP) is -0.235. The molecule has 2 saturated heterocycles. The summed E-state index contributed by atoms with van der Waals surface area (Å²) < 4.78 is 33.7. The van der Waals surface area contributed by atoms with E-state index < -0.39 is 10.2 Å². The average molecular weight is 277 g/mol. The fourth-order valence-corrected chi connectivity index (χ4v) is 4.82. The molecule has 2 atom stereocenters. The predicted molar refractivity (Wildman–Crippen MR) is 69.3 cm³/mol. The Bertz CT molecular complexity index is 368. The summed E-state index contributed by atoms with van der Waals surface area (Å²) in [4.78, 5) is 0. The fourth-order valence-electron chi connectivity index (χ4n) is 2.81. The molecule has 6 nitrogen and oxygen atoms in total. The Hall–Kier alpha value is -0.210. The van der Waals surface area contributed by atoms with E-state index in [9.17, 15) is 8.42 Å². The van der Waals surface area contributed by atoms with Gasteiger partial charge in [-0.25, -0.2) is 0 Å². The fraction of sp³-hybridized carbons (Fsp3) is 1.00. The average Bonchev–Trinajstić information content (AvgIpc) is 2.39. The Morgan fingerprint density at radius 3 is 2.56 bits per heavy atom. The van der Waals surface area contributed by atoms with E-state index in [2.05, 4.69) is 0 Å². The van der Waals surface area contributed by atoms with Gasteiger partial charge in [0.1, 0.15) is 0 Å². The van der Waals surface area contributed by atoms with Gasteiger partial charge in [-0.15, -0.1) is 0 Å². The molecule has 2 rings (SSSR count). The van der Waals surface area contributed by atoms with Crippen LogP contribution >= 0.6 is 0 Å². The van der Waals surface area contributed by atoms with Crippen molar-refractivity contribution in [2.75, 3.05) is 32.8 Å². The van der Waals surface area contributed by atoms with E-state index in [1.807, 2.05) is 6.92 Å². The third-order valence-electron chi connectivity index (χ3n) is 3.79. The molecule has 2 unspecified atom stereocenters. The van der Waals surface area contributed by atoms with Crippen molar-refractivity contribution in [3.63, 3.8) is 0 Å². The molecule has 0 radical (unpaired) electrons. The van der Waals surface area contributed by atoms with Crippen molar-refractivity contribution in [2.45, 2.75) is 38.3 Å². The largest absolute Gasteiger partial charge is 0.379 e. The van der Waals surface area contributed by atoms with E-state index in [4.69, 9.17) is 10.5 Å². The lowest BCUT2D eigenvalue weighted by Gasteiger charge is -2.42. The summed E-state index contributed by atoms with van der Waals surface area (Å²) in [5.41, 5.74) is 5.73. The zero-order chi connectivity index (χ0) is 13.2. The van der Waals surface area contributed by atoms with Crippen molar-refractivity contribution < 1.29 is 13.2 Å². The molecular formula is C11H23N3O3S. The van der Waals surface area contributed by atoms with Crippen LogP contribution in [-0.2, 0) is 14.9 Å². The molecule has 0 aromatic rings. The van der Waals surface area contributed by atoms with Crippen LogP contribution in [0.5, 0.6) is 0 Å². The molecule has 0 amide bonds. The molecule has 2 aliphatic rings. The second-order valence-corrected chi connectivity index (χ2v) is 6.85. The van der Waals surface area contributed by atoms with E-state index in [0.717, 1.165) is 19.3 Å². The lowest BCUT2D eigenvalue weighted by Crippen LogP contribution is -2.57. The van der Waals surface area contributed by atoms with Crippen LogP contribution in [0.4, 0.5) is 0 Å². The SMILES string of the molecule is CC1CCCC(CN)N1S(=O)(=O)N1CCOCC1. The minimum absolute atomic E-state index is 0.0418. The van der Waals surface area contributed by atoms with Gasteiger partial charge in [0.15, 0.2) is 0 Å². The van der Waals surface area contributed by atoms with Gasteiger partial charge in [0.25, 0.3) is 10.2 Å². The standard InChI is InChI=1S/C11H23N3O3S/c1-10-3-2-4-11(9-12)14(10)18(15,16)13-5-7-17-8-6-13/h10-11H,2-9,12H2,1H3. The van der Waals surface area contributed by atoms with Crippen LogP contribution in [0, 0.1) is 0 Å². The molecule has 0 saturated carbocycles. The summed E-state index contributed by atoms with van der Waals surface area (Å²) in [5, 5.41) is 0. The lowest BCUT2D eigenvalue weighted by atomic mass is 10.00. The molecule has 18 heavy (non-hydrogen) atoms. The van der Waals surface area contributed by atoms with Crippen molar-refractivity contribution in [1.29, 1.82) is 0 Å². The van der Waals surface area contributed by atoms with Crippen molar-refractivity contribution in [3.05, 3.63) is 0 Å². The molecule has 106 valence electrons. The van der Waals surface area contributed by atoms with Gasteiger partial charge in [0.05, 0.1) is 13.2 Å². The summed E-state index contributed by atoms with van der Waals surface area (Å²) in [6.07, 6.45) is 2.84. The smallest absolute Gasteiger partial charge is 0.282 e. The maximum absolute atomic E-state index is 12.7. The Kier molecular flexibility index (Phi) is 4.60. The molecule has 2 fully saturated rings. The normalized spacial score (nSPS) is 32.6. The van der Waals surface area contributed by atoms with E-state index in [1.54, 1.807) is 4.31 Å². The molecule has 2 aliphatic heterocycles. The van der Waals surface area contributed by atoms with Gasteiger partial charge in [-0.2, -0.15) is 17.0 Å². The van der Waals surface area contributed by atoms with Crippen LogP contribution in [0.15, 0.2) is 0 Å². The molecular weight excluding hydrogens is 254 g/mol. The molecule has 0 bridgehead atoms. The van der Waals surface area contributed by atoms with Crippen molar-refractivity contribution >= 4 is 10.2 Å². The Morgan fingerprint density at radius 1 is 1.28 bits per heavy atom. The van der Waals surface area contributed by atoms with E-state index in [1.165, 1.54) is 4.31 Å². The van der Waals surface area contributed by atoms with Gasteiger partial charge in [-0.1, -0.05) is 6.42 Å². The first-order valence-electron chi connectivity index (χ1n) is 6.64. The van der Waals surface area contributed by atoms with E-state index in [-0.39, 0.29) is 12.1 Å². The summed E-state index contributed by atoms with van der Waals surface area (Å²) in [7, 11) is -3.39. The summed E-state index contributed by atoms with van der Waals surface area (Å²) in [6, 6.07) is -0.0123. The maximum atomic E-state index is 12.7. The van der Waals surface area contributed by atoms with Crippen LogP contribution < -0.4 is 5.73 Å². The van der Waals surface area contributed by atoms with Crippen molar-refractivity contribution in [1.82, 2.24) is 8.61 Å². The number of hydrogen-bond donors (Lipinski definition) is 1. The van der Waals surface area contributed by atoms with Crippen LogP contribution in [0.2, 0.25) is 0 Å². The van der Waals surface area contributed by atoms with Gasteiger partial charge in [-0.3, -0.25) is 0 Å². The first-order chi connectivity index (χ1) is 8.57. The third-order valence-corrected chi connectivity index (χ3v) is 6.00. The third kappa shape index (κ3) is 2.70. The van der Waals surface area contributed by atoms with Crippen LogP contribution in [0.25, 0.3) is 0 Å². The summed E-state index contributed by atoms with van der Waals surface area (Å²) >= 11 is 0. The summed E-state index contributed by atoms with van der Waals surface area (Å²) in [6.45, 7) is 4.23. The second kappa shape index (κ2) is 5.83. The highest BCUT2D eigenvalue weighted by Gasteiger charge is 2.40. The zero-order valence-electron chi connectivity index (χ0n) is 10.9.